The Morgan fingerprint density at radius 1 is 1.09 bits per heavy atom. The van der Waals surface area contributed by atoms with Gasteiger partial charge in [0.05, 0.1) is 12.9 Å². The fraction of sp³-hybridized carbons (Fsp3) is 0.320. The topological polar surface area (TPSA) is 143 Å². The van der Waals surface area contributed by atoms with Gasteiger partial charge in [-0.2, -0.15) is 9.97 Å². The van der Waals surface area contributed by atoms with Crippen molar-refractivity contribution in [1.82, 2.24) is 19.5 Å². The Morgan fingerprint density at radius 2 is 1.89 bits per heavy atom. The first-order valence-corrected chi connectivity index (χ1v) is 11.5. The number of nitrogen functional groups attached to an aromatic ring is 1. The van der Waals surface area contributed by atoms with Crippen molar-refractivity contribution < 1.29 is 20.1 Å². The fourth-order valence-electron chi connectivity index (χ4n) is 5.09. The zero-order valence-electron chi connectivity index (χ0n) is 19.1. The lowest BCUT2D eigenvalue weighted by Crippen LogP contribution is -2.33. The molecule has 180 valence electrons. The van der Waals surface area contributed by atoms with Crippen LogP contribution in [0.3, 0.4) is 0 Å². The number of aromatic nitrogens is 4. The molecule has 0 radical (unpaired) electrons. The maximum absolute atomic E-state index is 10.5. The van der Waals surface area contributed by atoms with Gasteiger partial charge in [0.15, 0.2) is 17.7 Å². The van der Waals surface area contributed by atoms with Crippen LogP contribution in [0, 0.1) is 0 Å². The first-order chi connectivity index (χ1) is 17.0. The molecule has 10 heteroatoms. The second kappa shape index (κ2) is 8.28. The molecule has 4 atom stereocenters. The lowest BCUT2D eigenvalue weighted by atomic mass is 10.0. The van der Waals surface area contributed by atoms with Gasteiger partial charge in [0.1, 0.15) is 23.8 Å². The summed E-state index contributed by atoms with van der Waals surface area (Å²) in [4.78, 5) is 15.3. The highest BCUT2D eigenvalue weighted by molar-refractivity contribution is 5.83. The molecule has 6 rings (SSSR count). The summed E-state index contributed by atoms with van der Waals surface area (Å²) in [5.41, 5.74) is 13.3. The van der Waals surface area contributed by atoms with Gasteiger partial charge in [0.2, 0.25) is 5.95 Å². The number of imidazole rings is 1. The molecule has 2 aromatic heterocycles. The summed E-state index contributed by atoms with van der Waals surface area (Å²) in [5.74, 6) is 0.602. The highest BCUT2D eigenvalue weighted by atomic mass is 16.6. The van der Waals surface area contributed by atoms with Crippen LogP contribution in [0.15, 0.2) is 48.8 Å². The smallest absolute Gasteiger partial charge is 0.229 e. The molecule has 2 aliphatic rings. The van der Waals surface area contributed by atoms with E-state index in [2.05, 4.69) is 57.4 Å². The lowest BCUT2D eigenvalue weighted by Gasteiger charge is -2.21. The van der Waals surface area contributed by atoms with Gasteiger partial charge in [-0.25, -0.2) is 4.98 Å². The number of anilines is 2. The number of hydrogen-bond acceptors (Lipinski definition) is 9. The van der Waals surface area contributed by atoms with E-state index in [1.165, 1.54) is 38.7 Å². The number of ether oxygens (including phenoxy) is 1. The Kier molecular flexibility index (Phi) is 5.19. The van der Waals surface area contributed by atoms with Gasteiger partial charge in [-0.05, 0) is 34.2 Å². The van der Waals surface area contributed by atoms with Crippen LogP contribution in [0.2, 0.25) is 0 Å². The van der Waals surface area contributed by atoms with Gasteiger partial charge in [-0.3, -0.25) is 4.57 Å². The van der Waals surface area contributed by atoms with E-state index in [0.29, 0.717) is 23.7 Å². The van der Waals surface area contributed by atoms with Gasteiger partial charge in [-0.1, -0.05) is 42.5 Å². The van der Waals surface area contributed by atoms with Crippen molar-refractivity contribution in [3.8, 4) is 11.1 Å². The van der Waals surface area contributed by atoms with Crippen molar-refractivity contribution in [2.24, 2.45) is 0 Å². The van der Waals surface area contributed by atoms with Crippen LogP contribution in [-0.2, 0) is 17.7 Å². The Morgan fingerprint density at radius 3 is 2.69 bits per heavy atom. The molecule has 1 aliphatic carbocycles. The zero-order valence-corrected chi connectivity index (χ0v) is 19.1. The van der Waals surface area contributed by atoms with Crippen molar-refractivity contribution in [3.63, 3.8) is 0 Å². The van der Waals surface area contributed by atoms with E-state index in [9.17, 15) is 15.3 Å². The number of aliphatic hydroxyl groups is 3. The molecule has 4 aromatic rings. The van der Waals surface area contributed by atoms with Crippen LogP contribution in [-0.4, -0.2) is 66.8 Å². The summed E-state index contributed by atoms with van der Waals surface area (Å²) in [5, 5.41) is 30.1. The van der Waals surface area contributed by atoms with Crippen LogP contribution >= 0.6 is 0 Å². The molecule has 0 bridgehead atoms. The maximum atomic E-state index is 10.5. The van der Waals surface area contributed by atoms with Crippen LogP contribution in [0.5, 0.6) is 0 Å². The average Bonchev–Trinajstić information content (AvgIpc) is 3.54. The Labute approximate surface area is 201 Å². The van der Waals surface area contributed by atoms with E-state index in [1.807, 2.05) is 11.9 Å². The standard InChI is InChI=1S/C25H26N6O4/c1-30(10-14-6-4-8-16-15-7-3-2-5-13(15)9-17(14)16)25-28-22(26)19-23(29-25)31(12-27-19)24-21(34)20(33)18(11-32)35-24/h2-8,12,18,20-21,24,32-34H,9-11H2,1H3,(H2,26,28,29)/t18-,20-,21-,24-/m1/s1. The normalized spacial score (nSPS) is 23.0. The Balaban J connectivity index is 1.33. The van der Waals surface area contributed by atoms with Crippen LogP contribution < -0.4 is 10.6 Å². The molecule has 1 fully saturated rings. The van der Waals surface area contributed by atoms with E-state index in [4.69, 9.17) is 10.5 Å². The Bertz CT molecular complexity index is 1420. The third kappa shape index (κ3) is 3.45. The van der Waals surface area contributed by atoms with Crippen LogP contribution in [0.25, 0.3) is 22.3 Å². The molecule has 10 nitrogen and oxygen atoms in total. The number of rotatable bonds is 5. The molecule has 0 unspecified atom stereocenters. The second-order valence-electron chi connectivity index (χ2n) is 9.09. The first-order valence-electron chi connectivity index (χ1n) is 11.5. The first kappa shape index (κ1) is 21.9. The van der Waals surface area contributed by atoms with E-state index < -0.39 is 31.1 Å². The number of nitrogens with zero attached hydrogens (tertiary/aromatic N) is 5. The largest absolute Gasteiger partial charge is 0.394 e. The molecule has 5 N–H and O–H groups in total. The summed E-state index contributed by atoms with van der Waals surface area (Å²) in [6, 6.07) is 14.8. The number of hydrogen-bond donors (Lipinski definition) is 4. The minimum atomic E-state index is -1.25. The van der Waals surface area contributed by atoms with Crippen molar-refractivity contribution in [1.29, 1.82) is 0 Å². The molecule has 35 heavy (non-hydrogen) atoms. The average molecular weight is 475 g/mol. The lowest BCUT2D eigenvalue weighted by molar-refractivity contribution is -0.0511. The molecule has 3 heterocycles. The van der Waals surface area contributed by atoms with Crippen LogP contribution in [0.4, 0.5) is 11.8 Å². The Hall–Kier alpha value is -3.57. The molecule has 0 amide bonds. The fourth-order valence-corrected chi connectivity index (χ4v) is 5.09. The molecule has 0 spiro atoms. The van der Waals surface area contributed by atoms with Crippen molar-refractivity contribution >= 4 is 22.9 Å². The minimum absolute atomic E-state index is 0.202. The van der Waals surface area contributed by atoms with Gasteiger partial charge in [0.25, 0.3) is 0 Å². The van der Waals surface area contributed by atoms with E-state index in [-0.39, 0.29) is 5.82 Å². The second-order valence-corrected chi connectivity index (χ2v) is 9.09. The number of benzene rings is 2. The van der Waals surface area contributed by atoms with Crippen LogP contribution in [0.1, 0.15) is 22.9 Å². The van der Waals surface area contributed by atoms with Crippen molar-refractivity contribution in [2.75, 3.05) is 24.3 Å². The maximum Gasteiger partial charge on any atom is 0.229 e. The van der Waals surface area contributed by atoms with Gasteiger partial charge in [0, 0.05) is 13.6 Å². The minimum Gasteiger partial charge on any atom is -0.394 e. The molecular weight excluding hydrogens is 448 g/mol. The number of aliphatic hydroxyl groups excluding tert-OH is 3. The summed E-state index contributed by atoms with van der Waals surface area (Å²) in [6.07, 6.45) is -2.02. The van der Waals surface area contributed by atoms with E-state index in [1.54, 1.807) is 0 Å². The van der Waals surface area contributed by atoms with Crippen molar-refractivity contribution in [3.05, 3.63) is 65.5 Å². The van der Waals surface area contributed by atoms with Gasteiger partial charge < -0.3 is 30.7 Å². The zero-order chi connectivity index (χ0) is 24.3. The highest BCUT2D eigenvalue weighted by Gasteiger charge is 2.44. The summed E-state index contributed by atoms with van der Waals surface area (Å²) < 4.78 is 7.18. The predicted octanol–water partition coefficient (Wildman–Crippen LogP) is 1.23. The van der Waals surface area contributed by atoms with Gasteiger partial charge >= 0.3 is 0 Å². The summed E-state index contributed by atoms with van der Waals surface area (Å²) in [7, 11) is 1.90. The third-order valence-electron chi connectivity index (χ3n) is 6.92. The number of nitrogens with two attached hydrogens (primary N) is 1. The molecule has 2 aromatic carbocycles. The van der Waals surface area contributed by atoms with E-state index >= 15 is 0 Å². The molecule has 1 saturated heterocycles. The molecule has 1 aliphatic heterocycles. The quantitative estimate of drug-likeness (QED) is 0.296. The molecule has 0 saturated carbocycles. The predicted molar refractivity (Wildman–Crippen MR) is 130 cm³/mol. The molecular formula is C25H26N6O4. The monoisotopic (exact) mass is 474 g/mol. The SMILES string of the molecule is CN(Cc1cccc2c1Cc1ccccc1-2)c1nc(N)c2ncn([C@@H]3O[C@H](CO)[C@@H](O)[C@H]3O)c2n1. The van der Waals surface area contributed by atoms with Crippen molar-refractivity contribution in [2.45, 2.75) is 37.5 Å². The third-order valence-corrected chi connectivity index (χ3v) is 6.92. The summed E-state index contributed by atoms with van der Waals surface area (Å²) in [6.45, 7) is 0.155. The number of fused-ring (bicyclic) bond motifs is 4. The highest BCUT2D eigenvalue weighted by Crippen LogP contribution is 2.38. The summed E-state index contributed by atoms with van der Waals surface area (Å²) >= 11 is 0. The van der Waals surface area contributed by atoms with Gasteiger partial charge in [-0.15, -0.1) is 0 Å². The van der Waals surface area contributed by atoms with E-state index in [0.717, 1.165) is 6.42 Å².